The molecule has 0 saturated heterocycles. The third-order valence-corrected chi connectivity index (χ3v) is 6.25. The lowest BCUT2D eigenvalue weighted by Gasteiger charge is -2.19. The molecule has 2 aromatic carbocycles. The third kappa shape index (κ3) is 2.93. The van der Waals surface area contributed by atoms with Crippen molar-refractivity contribution in [1.29, 1.82) is 0 Å². The molecular weight excluding hydrogens is 388 g/mol. The van der Waals surface area contributed by atoms with Crippen LogP contribution in [0.4, 0.5) is 0 Å². The number of fused-ring (bicyclic) bond motifs is 3. The Bertz CT molecular complexity index is 1170. The van der Waals surface area contributed by atoms with E-state index in [0.717, 1.165) is 0 Å². The summed E-state index contributed by atoms with van der Waals surface area (Å²) in [5.74, 6) is -0.960. The van der Waals surface area contributed by atoms with Crippen LogP contribution in [0.5, 0.6) is 0 Å². The monoisotopic (exact) mass is 402 g/mol. The molecule has 4 rings (SSSR count). The predicted octanol–water partition coefficient (Wildman–Crippen LogP) is 3.66. The zero-order valence-corrected chi connectivity index (χ0v) is 15.9. The molecule has 1 aliphatic heterocycles. The molecule has 1 aliphatic rings. The van der Waals surface area contributed by atoms with Crippen molar-refractivity contribution in [3.63, 3.8) is 0 Å². The van der Waals surface area contributed by atoms with E-state index in [-0.39, 0.29) is 22.9 Å². The number of aromatic nitrogens is 2. The van der Waals surface area contributed by atoms with Gasteiger partial charge in [-0.05, 0) is 31.2 Å². The molecule has 0 radical (unpaired) electrons. The summed E-state index contributed by atoms with van der Waals surface area (Å²) in [6, 6.07) is 13.7. The number of hydrogen-bond acceptors (Lipinski definition) is 5. The average molecular weight is 403 g/mol. The fourth-order valence-corrected chi connectivity index (χ4v) is 5.00. The molecule has 6 nitrogen and oxygen atoms in total. The maximum atomic E-state index is 12.8. The molecule has 0 bridgehead atoms. The van der Waals surface area contributed by atoms with E-state index in [1.807, 2.05) is 0 Å². The zero-order valence-electron chi connectivity index (χ0n) is 14.3. The van der Waals surface area contributed by atoms with Gasteiger partial charge in [0.05, 0.1) is 28.6 Å². The molecule has 0 atom stereocenters. The van der Waals surface area contributed by atoms with Gasteiger partial charge in [-0.15, -0.1) is 0 Å². The molecular formula is C19H15ClN2O4S. The van der Waals surface area contributed by atoms with Gasteiger partial charge < -0.3 is 4.74 Å². The minimum atomic E-state index is -3.59. The Kier molecular flexibility index (Phi) is 4.28. The first-order chi connectivity index (χ1) is 12.9. The Balaban J connectivity index is 2.06. The van der Waals surface area contributed by atoms with E-state index in [1.54, 1.807) is 60.1 Å². The minimum Gasteiger partial charge on any atom is -0.461 e. The summed E-state index contributed by atoms with van der Waals surface area (Å²) in [4.78, 5) is 12.7. The van der Waals surface area contributed by atoms with Gasteiger partial charge in [0, 0.05) is 16.1 Å². The van der Waals surface area contributed by atoms with Crippen LogP contribution in [0.2, 0.25) is 5.02 Å². The van der Waals surface area contributed by atoms with Crippen molar-refractivity contribution in [2.75, 3.05) is 6.61 Å². The van der Waals surface area contributed by atoms with Gasteiger partial charge in [0.15, 0.2) is 15.5 Å². The lowest BCUT2D eigenvalue weighted by atomic mass is 10.1. The van der Waals surface area contributed by atoms with Crippen LogP contribution < -0.4 is 0 Å². The van der Waals surface area contributed by atoms with Crippen molar-refractivity contribution < 1.29 is 17.9 Å². The molecule has 0 N–H and O–H groups in total. The number of rotatable bonds is 3. The van der Waals surface area contributed by atoms with Crippen molar-refractivity contribution in [2.45, 2.75) is 17.6 Å². The molecule has 0 amide bonds. The standard InChI is InChI=1S/C19H15ClN2O4S/c1-2-26-19(23)17-15-11-27(24,25)16-9-4-3-8-14(16)18(15)22(21-17)13-7-5-6-12(20)10-13/h3-10H,2,11H2,1H3. The van der Waals surface area contributed by atoms with Crippen LogP contribution in [0.15, 0.2) is 53.4 Å². The van der Waals surface area contributed by atoms with E-state index in [2.05, 4.69) is 5.10 Å². The summed E-state index contributed by atoms with van der Waals surface area (Å²) < 4.78 is 32.2. The highest BCUT2D eigenvalue weighted by atomic mass is 35.5. The summed E-state index contributed by atoms with van der Waals surface area (Å²) in [5.41, 5.74) is 2.04. The highest BCUT2D eigenvalue weighted by Gasteiger charge is 2.36. The SMILES string of the molecule is CCOC(=O)c1nn(-c2cccc(Cl)c2)c2c1CS(=O)(=O)c1ccccc1-2. The number of nitrogens with zero attached hydrogens (tertiary/aromatic N) is 2. The fourth-order valence-electron chi connectivity index (χ4n) is 3.22. The Labute approximate surface area is 161 Å². The topological polar surface area (TPSA) is 78.3 Å². The second-order valence-corrected chi connectivity index (χ2v) is 8.44. The molecule has 0 fully saturated rings. The van der Waals surface area contributed by atoms with Gasteiger partial charge in [-0.2, -0.15) is 5.10 Å². The fraction of sp³-hybridized carbons (Fsp3) is 0.158. The molecule has 0 aliphatic carbocycles. The van der Waals surface area contributed by atoms with Crippen LogP contribution in [-0.4, -0.2) is 30.8 Å². The summed E-state index contributed by atoms with van der Waals surface area (Å²) in [6.45, 7) is 1.85. The second-order valence-electron chi connectivity index (χ2n) is 6.04. The number of halogens is 1. The van der Waals surface area contributed by atoms with Crippen LogP contribution in [0.1, 0.15) is 23.0 Å². The van der Waals surface area contributed by atoms with Gasteiger partial charge in [0.1, 0.15) is 0 Å². The number of esters is 1. The number of carbonyl (C=O) groups is 1. The Morgan fingerprint density at radius 3 is 2.74 bits per heavy atom. The molecule has 3 aromatic rings. The van der Waals surface area contributed by atoms with Gasteiger partial charge >= 0.3 is 5.97 Å². The normalized spacial score (nSPS) is 14.3. The Morgan fingerprint density at radius 1 is 1.22 bits per heavy atom. The average Bonchev–Trinajstić information content (AvgIpc) is 3.01. The van der Waals surface area contributed by atoms with Crippen LogP contribution in [0.25, 0.3) is 16.9 Å². The molecule has 8 heteroatoms. The van der Waals surface area contributed by atoms with Crippen molar-refractivity contribution >= 4 is 27.4 Å². The van der Waals surface area contributed by atoms with E-state index in [1.165, 1.54) is 0 Å². The predicted molar refractivity (Wildman–Crippen MR) is 101 cm³/mol. The first-order valence-electron chi connectivity index (χ1n) is 8.29. The van der Waals surface area contributed by atoms with Gasteiger partial charge in [0.2, 0.25) is 0 Å². The Hall–Kier alpha value is -2.64. The van der Waals surface area contributed by atoms with E-state index in [0.29, 0.717) is 27.5 Å². The van der Waals surface area contributed by atoms with Crippen molar-refractivity contribution in [3.8, 4) is 16.9 Å². The largest absolute Gasteiger partial charge is 0.461 e. The number of sulfone groups is 1. The lowest BCUT2D eigenvalue weighted by molar-refractivity contribution is 0.0518. The van der Waals surface area contributed by atoms with E-state index >= 15 is 0 Å². The molecule has 2 heterocycles. The van der Waals surface area contributed by atoms with Crippen molar-refractivity contribution in [3.05, 3.63) is 64.8 Å². The lowest BCUT2D eigenvalue weighted by Crippen LogP contribution is -2.16. The number of benzene rings is 2. The van der Waals surface area contributed by atoms with E-state index < -0.39 is 15.8 Å². The van der Waals surface area contributed by atoms with Crippen molar-refractivity contribution in [2.24, 2.45) is 0 Å². The van der Waals surface area contributed by atoms with E-state index in [4.69, 9.17) is 16.3 Å². The summed E-state index contributed by atoms with van der Waals surface area (Å²) in [7, 11) is -3.59. The molecule has 1 aromatic heterocycles. The third-order valence-electron chi connectivity index (χ3n) is 4.32. The number of carbonyl (C=O) groups excluding carboxylic acids is 1. The van der Waals surface area contributed by atoms with Crippen LogP contribution in [0, 0.1) is 0 Å². The Morgan fingerprint density at radius 2 is 2.00 bits per heavy atom. The highest BCUT2D eigenvalue weighted by molar-refractivity contribution is 7.90. The maximum absolute atomic E-state index is 12.8. The molecule has 138 valence electrons. The van der Waals surface area contributed by atoms with Gasteiger partial charge in [0.25, 0.3) is 0 Å². The van der Waals surface area contributed by atoms with Gasteiger partial charge in [-0.3, -0.25) is 0 Å². The second kappa shape index (κ2) is 6.51. The maximum Gasteiger partial charge on any atom is 0.359 e. The number of hydrogen-bond donors (Lipinski definition) is 0. The molecule has 27 heavy (non-hydrogen) atoms. The molecule has 0 spiro atoms. The smallest absolute Gasteiger partial charge is 0.359 e. The zero-order chi connectivity index (χ0) is 19.2. The van der Waals surface area contributed by atoms with E-state index in [9.17, 15) is 13.2 Å². The minimum absolute atomic E-state index is 0.00454. The quantitative estimate of drug-likeness (QED) is 0.625. The molecule has 0 saturated carbocycles. The van der Waals surface area contributed by atoms with Gasteiger partial charge in [-0.25, -0.2) is 17.9 Å². The first kappa shape index (κ1) is 17.8. The summed E-state index contributed by atoms with van der Waals surface area (Å²) >= 11 is 6.11. The highest BCUT2D eigenvalue weighted by Crippen LogP contribution is 2.40. The number of ether oxygens (including phenoxy) is 1. The summed E-state index contributed by atoms with van der Waals surface area (Å²) in [5, 5.41) is 4.91. The van der Waals surface area contributed by atoms with Crippen LogP contribution in [0.3, 0.4) is 0 Å². The summed E-state index contributed by atoms with van der Waals surface area (Å²) in [6.07, 6.45) is 0. The van der Waals surface area contributed by atoms with Crippen LogP contribution >= 0.6 is 11.6 Å². The van der Waals surface area contributed by atoms with Crippen LogP contribution in [-0.2, 0) is 20.3 Å². The van der Waals surface area contributed by atoms with Gasteiger partial charge in [-0.1, -0.05) is 35.9 Å². The molecule has 0 unspecified atom stereocenters. The van der Waals surface area contributed by atoms with Crippen molar-refractivity contribution in [1.82, 2.24) is 9.78 Å². The first-order valence-corrected chi connectivity index (χ1v) is 10.3.